The lowest BCUT2D eigenvalue weighted by molar-refractivity contribution is -0.336. The Hall–Kier alpha value is -1.43. The highest BCUT2D eigenvalue weighted by molar-refractivity contribution is 9.11. The Bertz CT molecular complexity index is 862. The Morgan fingerprint density at radius 1 is 1.28 bits per heavy atom. The zero-order chi connectivity index (χ0) is 20.5. The normalized spacial score (nSPS) is 31.7. The number of hydrogen-bond donors (Lipinski definition) is 2. The smallest absolute Gasteiger partial charge is 0.223 e. The Balaban J connectivity index is 1.55. The van der Waals surface area contributed by atoms with Gasteiger partial charge in [-0.25, -0.2) is 0 Å². The SMILES string of the molecule is CC(=O)NC1C(Oc2ccc(Br)cc2Br)OC2COC(c3ccco3)OC2C1O. The number of aliphatic hydroxyl groups excluding tert-OH is 1. The number of ether oxygens (including phenoxy) is 4. The summed E-state index contributed by atoms with van der Waals surface area (Å²) in [6.45, 7) is 1.53. The van der Waals surface area contributed by atoms with Crippen LogP contribution in [-0.4, -0.2) is 48.3 Å². The first-order valence-electron chi connectivity index (χ1n) is 8.95. The maximum atomic E-state index is 11.7. The second-order valence-corrected chi connectivity index (χ2v) is 8.50. The number of aliphatic hydroxyl groups is 1. The number of benzene rings is 1. The average molecular weight is 533 g/mol. The topological polar surface area (TPSA) is 99.4 Å². The summed E-state index contributed by atoms with van der Waals surface area (Å²) in [7, 11) is 0. The lowest BCUT2D eigenvalue weighted by atomic mass is 9.96. The molecule has 1 aromatic carbocycles. The minimum atomic E-state index is -1.08. The Morgan fingerprint density at radius 2 is 2.10 bits per heavy atom. The molecule has 10 heteroatoms. The molecule has 6 unspecified atom stereocenters. The van der Waals surface area contributed by atoms with Crippen molar-refractivity contribution in [1.82, 2.24) is 5.32 Å². The van der Waals surface area contributed by atoms with Crippen molar-refractivity contribution in [2.45, 2.75) is 43.9 Å². The highest BCUT2D eigenvalue weighted by Gasteiger charge is 2.51. The molecular weight excluding hydrogens is 514 g/mol. The van der Waals surface area contributed by atoms with Crippen LogP contribution in [0.4, 0.5) is 0 Å². The van der Waals surface area contributed by atoms with Gasteiger partial charge in [-0.05, 0) is 46.3 Å². The van der Waals surface area contributed by atoms with Crippen molar-refractivity contribution < 1.29 is 33.3 Å². The molecule has 156 valence electrons. The van der Waals surface area contributed by atoms with Gasteiger partial charge in [-0.1, -0.05) is 15.9 Å². The van der Waals surface area contributed by atoms with Gasteiger partial charge in [0.1, 0.15) is 30.1 Å². The fourth-order valence-corrected chi connectivity index (χ4v) is 4.49. The van der Waals surface area contributed by atoms with Crippen LogP contribution in [0.15, 0.2) is 50.0 Å². The highest BCUT2D eigenvalue weighted by atomic mass is 79.9. The zero-order valence-electron chi connectivity index (χ0n) is 15.3. The predicted octanol–water partition coefficient (Wildman–Crippen LogP) is 2.89. The summed E-state index contributed by atoms with van der Waals surface area (Å²) in [5.74, 6) is 0.670. The second-order valence-electron chi connectivity index (χ2n) is 6.73. The summed E-state index contributed by atoms with van der Waals surface area (Å²) < 4.78 is 30.5. The van der Waals surface area contributed by atoms with Crippen LogP contribution >= 0.6 is 31.9 Å². The van der Waals surface area contributed by atoms with E-state index in [9.17, 15) is 9.90 Å². The molecule has 2 fully saturated rings. The van der Waals surface area contributed by atoms with Crippen molar-refractivity contribution in [3.63, 3.8) is 0 Å². The Morgan fingerprint density at radius 3 is 2.79 bits per heavy atom. The van der Waals surface area contributed by atoms with Gasteiger partial charge in [-0.2, -0.15) is 0 Å². The van der Waals surface area contributed by atoms with Crippen molar-refractivity contribution in [3.05, 3.63) is 51.3 Å². The fraction of sp³-hybridized carbons (Fsp3) is 0.421. The number of hydrogen-bond acceptors (Lipinski definition) is 7. The van der Waals surface area contributed by atoms with Crippen LogP contribution in [0.5, 0.6) is 5.75 Å². The second kappa shape index (κ2) is 8.75. The van der Waals surface area contributed by atoms with E-state index >= 15 is 0 Å². The molecule has 1 amide bonds. The molecule has 2 N–H and O–H groups in total. The molecule has 4 rings (SSSR count). The zero-order valence-corrected chi connectivity index (χ0v) is 18.5. The molecule has 0 spiro atoms. The van der Waals surface area contributed by atoms with Gasteiger partial charge in [-0.3, -0.25) is 4.79 Å². The van der Waals surface area contributed by atoms with E-state index in [-0.39, 0.29) is 12.5 Å². The number of carbonyl (C=O) groups excluding carboxylic acids is 1. The van der Waals surface area contributed by atoms with Gasteiger partial charge in [0.25, 0.3) is 0 Å². The molecule has 2 saturated heterocycles. The molecule has 1 aromatic heterocycles. The van der Waals surface area contributed by atoms with E-state index in [2.05, 4.69) is 37.2 Å². The van der Waals surface area contributed by atoms with Crippen LogP contribution in [0.1, 0.15) is 19.0 Å². The Kier molecular flexibility index (Phi) is 6.28. The van der Waals surface area contributed by atoms with Crippen LogP contribution < -0.4 is 10.1 Å². The lowest BCUT2D eigenvalue weighted by Gasteiger charge is -2.47. The average Bonchev–Trinajstić information content (AvgIpc) is 3.21. The third-order valence-corrected chi connectivity index (χ3v) is 5.76. The van der Waals surface area contributed by atoms with Crippen molar-refractivity contribution in [3.8, 4) is 5.75 Å². The van der Waals surface area contributed by atoms with Gasteiger partial charge in [0.2, 0.25) is 18.5 Å². The third-order valence-electron chi connectivity index (χ3n) is 4.65. The van der Waals surface area contributed by atoms with Gasteiger partial charge in [0.05, 0.1) is 17.3 Å². The summed E-state index contributed by atoms with van der Waals surface area (Å²) in [5, 5.41) is 13.7. The minimum Gasteiger partial charge on any atom is -0.464 e. The number of halogens is 2. The molecule has 3 heterocycles. The van der Waals surface area contributed by atoms with Crippen molar-refractivity contribution in [2.24, 2.45) is 0 Å². The van der Waals surface area contributed by atoms with E-state index in [1.165, 1.54) is 13.2 Å². The van der Waals surface area contributed by atoms with E-state index in [0.29, 0.717) is 16.0 Å². The molecule has 0 aliphatic carbocycles. The Labute approximate surface area is 183 Å². The van der Waals surface area contributed by atoms with Crippen LogP contribution in [-0.2, 0) is 19.0 Å². The van der Waals surface area contributed by atoms with Crippen LogP contribution in [0, 0.1) is 0 Å². The highest BCUT2D eigenvalue weighted by Crippen LogP contribution is 2.36. The summed E-state index contributed by atoms with van der Waals surface area (Å²) in [4.78, 5) is 11.7. The predicted molar refractivity (Wildman–Crippen MR) is 107 cm³/mol. The van der Waals surface area contributed by atoms with Gasteiger partial charge in [0, 0.05) is 11.4 Å². The van der Waals surface area contributed by atoms with Gasteiger partial charge >= 0.3 is 0 Å². The molecule has 6 atom stereocenters. The standard InChI is InChI=1S/C19H19Br2NO7/c1-9(23)22-15-16(24)17-14(8-26-18(29-17)13-3-2-6-25-13)28-19(15)27-12-5-4-10(20)7-11(12)21/h2-7,14-19,24H,8H2,1H3,(H,22,23). The summed E-state index contributed by atoms with van der Waals surface area (Å²) in [5.41, 5.74) is 0. The first-order chi connectivity index (χ1) is 13.9. The van der Waals surface area contributed by atoms with E-state index < -0.39 is 36.9 Å². The molecule has 2 aliphatic heterocycles. The molecule has 2 aliphatic rings. The minimum absolute atomic E-state index is 0.168. The molecular formula is C19H19Br2NO7. The first-order valence-corrected chi connectivity index (χ1v) is 10.5. The number of fused-ring (bicyclic) bond motifs is 1. The van der Waals surface area contributed by atoms with Crippen LogP contribution in [0.2, 0.25) is 0 Å². The third kappa shape index (κ3) is 4.52. The summed E-state index contributed by atoms with van der Waals surface area (Å²) in [6, 6.07) is 7.99. The summed E-state index contributed by atoms with van der Waals surface area (Å²) >= 11 is 6.83. The van der Waals surface area contributed by atoms with E-state index in [0.717, 1.165) is 4.47 Å². The monoisotopic (exact) mass is 531 g/mol. The van der Waals surface area contributed by atoms with Gasteiger partial charge in [0.15, 0.2) is 5.76 Å². The number of amides is 1. The molecule has 8 nitrogen and oxygen atoms in total. The van der Waals surface area contributed by atoms with Crippen molar-refractivity contribution in [2.75, 3.05) is 6.61 Å². The van der Waals surface area contributed by atoms with Gasteiger partial charge < -0.3 is 33.8 Å². The van der Waals surface area contributed by atoms with Gasteiger partial charge in [-0.15, -0.1) is 0 Å². The molecule has 2 aromatic rings. The molecule has 0 saturated carbocycles. The van der Waals surface area contributed by atoms with Crippen molar-refractivity contribution >= 4 is 37.8 Å². The van der Waals surface area contributed by atoms with E-state index in [4.69, 9.17) is 23.4 Å². The first kappa shape index (κ1) is 20.8. The number of nitrogens with one attached hydrogen (secondary N) is 1. The fourth-order valence-electron chi connectivity index (χ4n) is 3.35. The van der Waals surface area contributed by atoms with Crippen LogP contribution in [0.3, 0.4) is 0 Å². The molecule has 0 bridgehead atoms. The lowest BCUT2D eigenvalue weighted by Crippen LogP contribution is -2.67. The number of furan rings is 1. The number of carbonyl (C=O) groups is 1. The van der Waals surface area contributed by atoms with E-state index in [1.54, 1.807) is 18.2 Å². The summed E-state index contributed by atoms with van der Waals surface area (Å²) in [6.07, 6.45) is -2.59. The van der Waals surface area contributed by atoms with Crippen molar-refractivity contribution in [1.29, 1.82) is 0 Å². The molecule has 29 heavy (non-hydrogen) atoms. The maximum absolute atomic E-state index is 11.7. The quantitative estimate of drug-likeness (QED) is 0.624. The maximum Gasteiger partial charge on any atom is 0.223 e. The van der Waals surface area contributed by atoms with E-state index in [1.807, 2.05) is 12.1 Å². The van der Waals surface area contributed by atoms with Crippen LogP contribution in [0.25, 0.3) is 0 Å². The largest absolute Gasteiger partial charge is 0.464 e. The molecule has 0 radical (unpaired) electrons. The number of rotatable bonds is 4.